The third-order valence-corrected chi connectivity index (χ3v) is 9.87. The number of aromatic hydroxyl groups is 1. The van der Waals surface area contributed by atoms with Crippen molar-refractivity contribution in [2.45, 2.75) is 26.0 Å². The number of carbonyl (C=O) groups is 5. The molecule has 1 aromatic heterocycles. The number of hydrogen-bond acceptors (Lipinski definition) is 13. The molecule has 3 aromatic carbocycles. The Morgan fingerprint density at radius 3 is 2.02 bits per heavy atom. The van der Waals surface area contributed by atoms with E-state index < -0.39 is 23.9 Å². The summed E-state index contributed by atoms with van der Waals surface area (Å²) < 4.78 is 18.1. The summed E-state index contributed by atoms with van der Waals surface area (Å²) in [5.41, 5.74) is 3.60. The summed E-state index contributed by atoms with van der Waals surface area (Å²) in [7, 11) is 1.63. The fourth-order valence-electron chi connectivity index (χ4n) is 5.95. The molecule has 2 fully saturated rings. The van der Waals surface area contributed by atoms with E-state index in [-0.39, 0.29) is 18.1 Å². The van der Waals surface area contributed by atoms with E-state index >= 15 is 0 Å². The van der Waals surface area contributed by atoms with Crippen molar-refractivity contribution < 1.29 is 68.8 Å². The number of carbonyl (C=O) groups excluding carboxylic acids is 1. The van der Waals surface area contributed by atoms with Gasteiger partial charge in [-0.05, 0) is 74.0 Å². The zero-order valence-electron chi connectivity index (χ0n) is 29.9. The highest BCUT2D eigenvalue weighted by molar-refractivity contribution is 7.22. The SMILES string of the molecule is COc1cc(C(=O)c2c(-c3ccc(OCCN4CCCC4)c(CO)c3)sc3cc(O)ccc23)ccc1CN1CCOCC1.O=C(O)C(=O)O.O=C(O)C(=O)O. The van der Waals surface area contributed by atoms with Gasteiger partial charge < -0.3 is 44.8 Å². The molecule has 2 saturated heterocycles. The van der Waals surface area contributed by atoms with Crippen LogP contribution in [0, 0.1) is 0 Å². The normalized spacial score (nSPS) is 14.2. The molecule has 2 aliphatic heterocycles. The van der Waals surface area contributed by atoms with E-state index in [4.69, 9.17) is 53.8 Å². The number of ether oxygens (including phenoxy) is 3. The van der Waals surface area contributed by atoms with Crippen LogP contribution in [0.1, 0.15) is 39.9 Å². The van der Waals surface area contributed by atoms with Gasteiger partial charge in [-0.1, -0.05) is 12.1 Å². The summed E-state index contributed by atoms with van der Waals surface area (Å²) in [6.07, 6.45) is 2.46. The second-order valence-corrected chi connectivity index (χ2v) is 13.4. The predicted molar refractivity (Wildman–Crippen MR) is 199 cm³/mol. The summed E-state index contributed by atoms with van der Waals surface area (Å²) in [6.45, 7) is 7.33. The number of phenols is 1. The molecule has 0 amide bonds. The average molecular weight is 783 g/mol. The molecule has 3 heterocycles. The van der Waals surface area contributed by atoms with Crippen molar-refractivity contribution in [3.63, 3.8) is 0 Å². The molecule has 0 aliphatic carbocycles. The van der Waals surface area contributed by atoms with Gasteiger partial charge in [0.05, 0.1) is 26.9 Å². The molecule has 0 radical (unpaired) electrons. The van der Waals surface area contributed by atoms with Crippen molar-refractivity contribution in [2.75, 3.05) is 59.7 Å². The highest BCUT2D eigenvalue weighted by Crippen LogP contribution is 2.42. The van der Waals surface area contributed by atoms with Crippen molar-refractivity contribution >= 4 is 51.1 Å². The van der Waals surface area contributed by atoms with Crippen molar-refractivity contribution in [2.24, 2.45) is 0 Å². The zero-order chi connectivity index (χ0) is 40.1. The smallest absolute Gasteiger partial charge is 0.414 e. The average Bonchev–Trinajstić information content (AvgIpc) is 3.83. The van der Waals surface area contributed by atoms with Crippen LogP contribution in [-0.2, 0) is 37.1 Å². The lowest BCUT2D eigenvalue weighted by Gasteiger charge is -2.27. The Morgan fingerprint density at radius 1 is 0.764 bits per heavy atom. The molecule has 4 aromatic rings. The topological polar surface area (TPSA) is 241 Å². The molecule has 6 N–H and O–H groups in total. The molecular formula is C38H42N2O14S. The first kappa shape index (κ1) is 42.2. The summed E-state index contributed by atoms with van der Waals surface area (Å²) in [5.74, 6) is -5.95. The van der Waals surface area contributed by atoms with Gasteiger partial charge in [-0.15, -0.1) is 11.3 Å². The number of rotatable bonds is 11. The van der Waals surface area contributed by atoms with E-state index in [1.54, 1.807) is 25.3 Å². The van der Waals surface area contributed by atoms with Gasteiger partial charge in [0.15, 0.2) is 5.78 Å². The summed E-state index contributed by atoms with van der Waals surface area (Å²) >= 11 is 1.45. The van der Waals surface area contributed by atoms with Gasteiger partial charge in [0.25, 0.3) is 0 Å². The number of ketones is 1. The van der Waals surface area contributed by atoms with Crippen LogP contribution in [0.4, 0.5) is 0 Å². The number of methoxy groups -OCH3 is 1. The van der Waals surface area contributed by atoms with E-state index in [0.717, 1.165) is 65.4 Å². The number of aliphatic hydroxyl groups is 1. The van der Waals surface area contributed by atoms with Crippen LogP contribution in [0.3, 0.4) is 0 Å². The summed E-state index contributed by atoms with van der Waals surface area (Å²) in [6, 6.07) is 16.5. The lowest BCUT2D eigenvalue weighted by atomic mass is 9.96. The van der Waals surface area contributed by atoms with Crippen LogP contribution in [0.25, 0.3) is 20.5 Å². The van der Waals surface area contributed by atoms with E-state index in [2.05, 4.69) is 9.80 Å². The van der Waals surface area contributed by atoms with Crippen LogP contribution in [0.2, 0.25) is 0 Å². The number of aliphatic carboxylic acids is 4. The van der Waals surface area contributed by atoms with Crippen LogP contribution < -0.4 is 9.47 Å². The molecular weight excluding hydrogens is 740 g/mol. The number of likely N-dealkylation sites (tertiary alicyclic amines) is 1. The maximum Gasteiger partial charge on any atom is 0.414 e. The third-order valence-electron chi connectivity index (χ3n) is 8.67. The number of fused-ring (bicyclic) bond motifs is 1. The van der Waals surface area contributed by atoms with Crippen molar-refractivity contribution in [1.82, 2.24) is 9.80 Å². The maximum atomic E-state index is 14.2. The monoisotopic (exact) mass is 782 g/mol. The molecule has 0 bridgehead atoms. The molecule has 0 saturated carbocycles. The molecule has 0 unspecified atom stereocenters. The minimum Gasteiger partial charge on any atom is -0.508 e. The molecule has 2 aliphatic rings. The first-order valence-corrected chi connectivity index (χ1v) is 17.9. The number of aliphatic hydroxyl groups excluding tert-OH is 1. The quantitative estimate of drug-likeness (QED) is 0.0940. The van der Waals surface area contributed by atoms with Crippen LogP contribution in [-0.4, -0.2) is 130 Å². The number of morpholine rings is 1. The lowest BCUT2D eigenvalue weighted by molar-refractivity contribution is -0.159. The van der Waals surface area contributed by atoms with Crippen LogP contribution in [0.5, 0.6) is 17.2 Å². The molecule has 0 spiro atoms. The Kier molecular flexibility index (Phi) is 15.5. The minimum absolute atomic E-state index is 0.125. The van der Waals surface area contributed by atoms with Crippen molar-refractivity contribution in [3.05, 3.63) is 76.9 Å². The maximum absolute atomic E-state index is 14.2. The fourth-order valence-corrected chi connectivity index (χ4v) is 7.18. The lowest BCUT2D eigenvalue weighted by Crippen LogP contribution is -2.35. The van der Waals surface area contributed by atoms with E-state index in [9.17, 15) is 15.0 Å². The van der Waals surface area contributed by atoms with Gasteiger partial charge in [0.1, 0.15) is 23.9 Å². The van der Waals surface area contributed by atoms with Gasteiger partial charge >= 0.3 is 23.9 Å². The second-order valence-electron chi connectivity index (χ2n) is 12.3. The Labute approximate surface area is 319 Å². The Balaban J connectivity index is 0.000000488. The van der Waals surface area contributed by atoms with Gasteiger partial charge in [-0.3, -0.25) is 14.6 Å². The van der Waals surface area contributed by atoms with Crippen molar-refractivity contribution in [1.29, 1.82) is 0 Å². The van der Waals surface area contributed by atoms with Gasteiger partial charge in [0, 0.05) is 63.4 Å². The first-order valence-electron chi connectivity index (χ1n) is 17.1. The number of phenolic OH excluding ortho intramolecular Hbond substituents is 1. The van der Waals surface area contributed by atoms with Crippen LogP contribution >= 0.6 is 11.3 Å². The first-order chi connectivity index (χ1) is 26.3. The Morgan fingerprint density at radius 2 is 1.42 bits per heavy atom. The number of carboxylic acid groups (broad SMARTS) is 4. The standard InChI is InChI=1S/C34H38N2O6S.2C2H2O4/c1-40-30-19-23(4-5-25(30)21-36-12-15-41-16-13-36)33(39)32-28-8-7-27(38)20-31(28)43-34(32)24-6-9-29(26(18-24)22-37)42-17-14-35-10-2-3-11-35;2*3-1(4)2(5)6/h4-9,18-20,37-38H,2-3,10-17,21-22H2,1H3;2*(H,3,4)(H,5,6). The number of thiophene rings is 1. The van der Waals surface area contributed by atoms with Gasteiger partial charge in [-0.2, -0.15) is 0 Å². The summed E-state index contributed by atoms with van der Waals surface area (Å²) in [4.78, 5) is 56.1. The molecule has 55 heavy (non-hydrogen) atoms. The molecule has 0 atom stereocenters. The number of carboxylic acids is 4. The number of nitrogens with zero attached hydrogens (tertiary/aromatic N) is 2. The number of benzene rings is 3. The zero-order valence-corrected chi connectivity index (χ0v) is 30.7. The van der Waals surface area contributed by atoms with E-state index in [0.29, 0.717) is 48.0 Å². The minimum atomic E-state index is -1.82. The molecule has 294 valence electrons. The molecule has 17 heteroatoms. The van der Waals surface area contributed by atoms with E-state index in [1.807, 2.05) is 36.4 Å². The molecule has 16 nitrogen and oxygen atoms in total. The van der Waals surface area contributed by atoms with E-state index in [1.165, 1.54) is 24.2 Å². The number of hydrogen-bond donors (Lipinski definition) is 6. The highest BCUT2D eigenvalue weighted by Gasteiger charge is 2.24. The Bertz CT molecular complexity index is 1950. The fraction of sp³-hybridized carbons (Fsp3) is 0.342. The molecule has 6 rings (SSSR count). The highest BCUT2D eigenvalue weighted by atomic mass is 32.1. The van der Waals surface area contributed by atoms with Gasteiger partial charge in [0.2, 0.25) is 0 Å². The third kappa shape index (κ3) is 11.7. The summed E-state index contributed by atoms with van der Waals surface area (Å²) in [5, 5.41) is 50.8. The van der Waals surface area contributed by atoms with Crippen molar-refractivity contribution in [3.8, 4) is 27.7 Å². The predicted octanol–water partition coefficient (Wildman–Crippen LogP) is 3.62. The van der Waals surface area contributed by atoms with Gasteiger partial charge in [-0.25, -0.2) is 19.2 Å². The second kappa shape index (κ2) is 20.2. The van der Waals surface area contributed by atoms with Crippen LogP contribution in [0.15, 0.2) is 54.6 Å². The largest absolute Gasteiger partial charge is 0.508 e. The Hall–Kier alpha value is -5.59.